The first-order valence-electron chi connectivity index (χ1n) is 29.1. The number of amides is 6. The SMILES string of the molecule is C.C.C.C.C.C.C.C.C=CC1CCC2OC2C1.CC(=O)Oc1ccc(N2C(=O)C=CC2=O)cc1.CCC(C1CCC2OC2C1)C1C(=O)N(c2ccc(OC(C)=O)cc2)C(=O)C1C.CCC(C1CCCCC1)C1C(=O)N(c2ccc(O)cc2)C(=O)C1C.COC.[B].[NH]=[Al]. The van der Waals surface area contributed by atoms with E-state index >= 15 is 0 Å². The number of phenols is 1. The van der Waals surface area contributed by atoms with E-state index < -0.39 is 11.9 Å². The van der Waals surface area contributed by atoms with Crippen LogP contribution in [0.2, 0.25) is 0 Å². The van der Waals surface area contributed by atoms with Crippen molar-refractivity contribution in [1.82, 2.24) is 0 Å². The van der Waals surface area contributed by atoms with Gasteiger partial charge in [0.05, 0.1) is 53.3 Å². The number of hydrogen-bond acceptors (Lipinski definition) is 15. The molecule has 5 aliphatic heterocycles. The molecule has 11 rings (SSSR count). The van der Waals surface area contributed by atoms with Crippen LogP contribution < -0.4 is 24.2 Å². The first-order chi connectivity index (χ1) is 39.8. The van der Waals surface area contributed by atoms with Crippen molar-refractivity contribution in [3.05, 3.63) is 97.6 Å². The zero-order valence-corrected chi connectivity index (χ0v) is 51.0. The molecule has 0 aromatic heterocycles. The first kappa shape index (κ1) is 92.0. The Hall–Kier alpha value is -6.42. The molecule has 3 saturated carbocycles. The average molecular weight is 1300 g/mol. The molecular weight excluding hydrogens is 1180 g/mol. The summed E-state index contributed by atoms with van der Waals surface area (Å²) in [6.45, 7) is 14.4. The molecule has 4 radical (unpaired) electrons. The van der Waals surface area contributed by atoms with Crippen molar-refractivity contribution in [2.45, 2.75) is 209 Å². The minimum atomic E-state index is -0.423. The summed E-state index contributed by atoms with van der Waals surface area (Å²) in [5.41, 5.74) is 1.54. The molecule has 8 aliphatic rings. The molecular formula is C72H114AlBN4O14. The molecule has 2 N–H and O–H groups in total. The minimum absolute atomic E-state index is 0. The van der Waals surface area contributed by atoms with Crippen LogP contribution >= 0.6 is 0 Å². The van der Waals surface area contributed by atoms with Crippen molar-refractivity contribution in [3.8, 4) is 17.2 Å². The molecule has 12 atom stereocenters. The Morgan fingerprint density at radius 1 is 0.554 bits per heavy atom. The number of esters is 2. The third-order valence-electron chi connectivity index (χ3n) is 17.1. The molecule has 0 spiro atoms. The van der Waals surface area contributed by atoms with E-state index in [1.165, 1.54) is 111 Å². The fraction of sp³-hybridized carbons (Fsp3) is 0.583. The molecule has 5 heterocycles. The van der Waals surface area contributed by atoms with Crippen molar-refractivity contribution < 1.29 is 67.1 Å². The van der Waals surface area contributed by atoms with E-state index in [0.717, 1.165) is 42.9 Å². The molecule has 3 aromatic carbocycles. The van der Waals surface area contributed by atoms with Gasteiger partial charge in [-0.15, -0.1) is 6.58 Å². The number of methoxy groups -OCH3 is 1. The van der Waals surface area contributed by atoms with Gasteiger partial charge in [0, 0.05) is 60.5 Å². The van der Waals surface area contributed by atoms with Crippen LogP contribution in [0.4, 0.5) is 17.1 Å². The Kier molecular flexibility index (Phi) is 43.5. The molecule has 92 heavy (non-hydrogen) atoms. The predicted octanol–water partition coefficient (Wildman–Crippen LogP) is 15.1. The van der Waals surface area contributed by atoms with Crippen molar-refractivity contribution in [2.24, 2.45) is 53.3 Å². The molecule has 4 saturated heterocycles. The van der Waals surface area contributed by atoms with Crippen molar-refractivity contribution >= 4 is 89.0 Å². The van der Waals surface area contributed by atoms with Gasteiger partial charge in [-0.2, -0.15) is 0 Å². The van der Waals surface area contributed by atoms with Gasteiger partial charge in [-0.05, 0) is 141 Å². The Bertz CT molecular complexity index is 2780. The van der Waals surface area contributed by atoms with Gasteiger partial charge in [-0.3, -0.25) is 48.2 Å². The van der Waals surface area contributed by atoms with E-state index in [1.807, 2.05) is 13.8 Å². The fourth-order valence-corrected chi connectivity index (χ4v) is 13.0. The maximum atomic E-state index is 13.3. The molecule has 20 heteroatoms. The van der Waals surface area contributed by atoms with E-state index in [-0.39, 0.29) is 139 Å². The predicted molar refractivity (Wildman–Crippen MR) is 373 cm³/mol. The van der Waals surface area contributed by atoms with Crippen LogP contribution in [0.5, 0.6) is 17.2 Å². The first-order valence-corrected chi connectivity index (χ1v) is 29.7. The zero-order valence-electron chi connectivity index (χ0n) is 49.8. The normalized spacial score (nSPS) is 24.5. The monoisotopic (exact) mass is 1300 g/mol. The fourth-order valence-electron chi connectivity index (χ4n) is 13.0. The summed E-state index contributed by atoms with van der Waals surface area (Å²) in [6.07, 6.45) is 21.4. The number of phenolic OH excluding ortho intramolecular Hbond substituents is 1. The van der Waals surface area contributed by atoms with Crippen LogP contribution in [-0.4, -0.2) is 116 Å². The van der Waals surface area contributed by atoms with E-state index in [1.54, 1.807) is 78.8 Å². The number of carbonyl (C=O) groups excluding carboxylic acids is 8. The molecule has 18 nitrogen and oxygen atoms in total. The van der Waals surface area contributed by atoms with E-state index in [9.17, 15) is 43.5 Å². The van der Waals surface area contributed by atoms with Crippen LogP contribution in [0.1, 0.15) is 184 Å². The third-order valence-corrected chi connectivity index (χ3v) is 17.1. The van der Waals surface area contributed by atoms with Crippen LogP contribution in [0.25, 0.3) is 0 Å². The van der Waals surface area contributed by atoms with Gasteiger partial charge in [0.2, 0.25) is 23.6 Å². The number of aromatic hydroxyl groups is 1. The number of benzene rings is 3. The Balaban J connectivity index is -0.000000555. The van der Waals surface area contributed by atoms with Crippen LogP contribution in [0, 0.1) is 57.6 Å². The van der Waals surface area contributed by atoms with Gasteiger partial charge in [0.1, 0.15) is 17.2 Å². The average Bonchev–Trinajstić information content (AvgIpc) is 1.62. The summed E-state index contributed by atoms with van der Waals surface area (Å²) in [5.74, 6) is 0.0255. The molecule has 7 fully saturated rings. The van der Waals surface area contributed by atoms with Crippen LogP contribution in [0.3, 0.4) is 0 Å². The van der Waals surface area contributed by atoms with Gasteiger partial charge in [-0.25, -0.2) is 4.90 Å². The zero-order chi connectivity index (χ0) is 60.7. The quantitative estimate of drug-likeness (QED) is 0.0428. The summed E-state index contributed by atoms with van der Waals surface area (Å²) in [5, 5.41) is 9.44. The van der Waals surface area contributed by atoms with Crippen LogP contribution in [0.15, 0.2) is 97.6 Å². The second-order valence-electron chi connectivity index (χ2n) is 22.4. The van der Waals surface area contributed by atoms with Gasteiger partial charge < -0.3 is 28.8 Å². The summed E-state index contributed by atoms with van der Waals surface area (Å²) in [7, 11) is 3.25. The summed E-state index contributed by atoms with van der Waals surface area (Å²) < 4.78 is 30.8. The Morgan fingerprint density at radius 2 is 0.913 bits per heavy atom. The Morgan fingerprint density at radius 3 is 1.27 bits per heavy atom. The summed E-state index contributed by atoms with van der Waals surface area (Å²) in [6, 6.07) is 19.0. The number of nitrogens with zero attached hydrogens (tertiary/aromatic N) is 3. The van der Waals surface area contributed by atoms with Crippen molar-refractivity contribution in [1.29, 1.82) is 4.35 Å². The van der Waals surface area contributed by atoms with Gasteiger partial charge in [0.25, 0.3) is 11.8 Å². The number of allylic oxidation sites excluding steroid dienone is 1. The number of nitrogens with one attached hydrogen (secondary N) is 1. The van der Waals surface area contributed by atoms with Gasteiger partial charge >= 0.3 is 32.4 Å². The number of carbonyl (C=O) groups is 8. The molecule has 3 aliphatic carbocycles. The van der Waals surface area contributed by atoms with E-state index in [2.05, 4.69) is 31.2 Å². The van der Waals surface area contributed by atoms with Crippen molar-refractivity contribution in [2.75, 3.05) is 28.9 Å². The topological polar surface area (TPSA) is 243 Å². The number of imide groups is 3. The number of anilines is 3. The summed E-state index contributed by atoms with van der Waals surface area (Å²) >= 11 is 1.67. The van der Waals surface area contributed by atoms with Crippen LogP contribution in [-0.2, 0) is 52.6 Å². The second kappa shape index (κ2) is 43.5. The summed E-state index contributed by atoms with van der Waals surface area (Å²) in [4.78, 5) is 100. The number of fused-ring (bicyclic) bond motifs is 2. The Labute approximate surface area is 563 Å². The number of rotatable bonds is 12. The van der Waals surface area contributed by atoms with Crippen molar-refractivity contribution in [3.63, 3.8) is 0 Å². The number of epoxide rings is 2. The maximum absolute atomic E-state index is 13.3. The molecule has 12 unspecified atom stereocenters. The van der Waals surface area contributed by atoms with E-state index in [0.29, 0.717) is 70.7 Å². The van der Waals surface area contributed by atoms with Gasteiger partial charge in [-0.1, -0.05) is 138 Å². The second-order valence-corrected chi connectivity index (χ2v) is 22.4. The molecule has 512 valence electrons. The number of ether oxygens (including phenoxy) is 5. The van der Waals surface area contributed by atoms with Gasteiger partial charge in [0.15, 0.2) is 0 Å². The van der Waals surface area contributed by atoms with E-state index in [4.69, 9.17) is 23.3 Å². The molecule has 3 aromatic rings. The molecule has 6 amide bonds. The third kappa shape index (κ3) is 23.2. The number of hydrogen-bond donors (Lipinski definition) is 2. The standard InChI is InChI=1S/C22H27NO5.C20H27NO3.C12H9NO4.C8H12O.C2H6O.8CH4.Al.B.HN/c1-4-17(14-5-10-18-19(11-14)28-18)20-12(2)21(25)23(22(20)26)15-6-8-16(9-7-15)27-13(3)24;1-3-17(14-7-5-4-6-8-14)18-13(2)19(23)21(20(18)24)15-9-11-16(22)12-10-15;1-8(14)17-10-4-2-9(3-5-10)13-11(15)6-7-12(13)16;1-2-6-3-4-7-8(5-6)9-7;1-3-2;;;;;;;;;;;/h6-9,12,14,17-20H,4-5,10-11H2,1-3H3;9-14,17-18,22H,3-8H2,1-2H3;2-7H,1H3;2,6-8H,1,3-5H2;1-2H3;8*1H4;;;1H. The molecule has 0 bridgehead atoms.